The van der Waals surface area contributed by atoms with Crippen molar-refractivity contribution in [3.63, 3.8) is 0 Å². The van der Waals surface area contributed by atoms with Gasteiger partial charge in [0.25, 0.3) is 5.91 Å². The largest absolute Gasteiger partial charge is 0.507 e. The molecule has 0 unspecified atom stereocenters. The lowest BCUT2D eigenvalue weighted by molar-refractivity contribution is 0.0913. The van der Waals surface area contributed by atoms with Gasteiger partial charge in [0, 0.05) is 15.7 Å². The molecule has 0 saturated carbocycles. The van der Waals surface area contributed by atoms with Gasteiger partial charge in [-0.05, 0) is 54.6 Å². The minimum absolute atomic E-state index is 0.0225. The van der Waals surface area contributed by atoms with Crippen molar-refractivity contribution in [3.8, 4) is 5.75 Å². The van der Waals surface area contributed by atoms with Crippen molar-refractivity contribution in [1.82, 2.24) is 5.32 Å². The van der Waals surface area contributed by atoms with Crippen molar-refractivity contribution >= 4 is 28.5 Å². The van der Waals surface area contributed by atoms with Crippen molar-refractivity contribution < 1.29 is 9.90 Å². The third-order valence-corrected chi connectivity index (χ3v) is 2.84. The molecule has 0 spiro atoms. The molecule has 5 heteroatoms. The Morgan fingerprint density at radius 3 is 2.75 bits per heavy atom. The number of carbonyl (C=O) groups is 1. The number of hydrogen-bond donors (Lipinski definition) is 3. The average Bonchev–Trinajstić information content (AvgIpc) is 2.21. The lowest BCUT2D eigenvalue weighted by Crippen LogP contribution is -2.48. The second-order valence-corrected chi connectivity index (χ2v) is 5.45. The summed E-state index contributed by atoms with van der Waals surface area (Å²) >= 11 is 2.09. The number of benzene rings is 1. The first kappa shape index (κ1) is 13.2. The van der Waals surface area contributed by atoms with Crippen LogP contribution in [0.15, 0.2) is 18.2 Å². The first-order chi connectivity index (χ1) is 7.35. The van der Waals surface area contributed by atoms with E-state index in [9.17, 15) is 9.90 Å². The van der Waals surface area contributed by atoms with E-state index in [1.165, 1.54) is 6.07 Å². The van der Waals surface area contributed by atoms with E-state index < -0.39 is 5.54 Å². The summed E-state index contributed by atoms with van der Waals surface area (Å²) in [5, 5.41) is 12.3. The quantitative estimate of drug-likeness (QED) is 0.733. The number of hydrogen-bond acceptors (Lipinski definition) is 3. The van der Waals surface area contributed by atoms with Crippen molar-refractivity contribution in [1.29, 1.82) is 0 Å². The van der Waals surface area contributed by atoms with Crippen LogP contribution in [0.3, 0.4) is 0 Å². The van der Waals surface area contributed by atoms with Crippen LogP contribution in [0.4, 0.5) is 0 Å². The molecule has 1 rings (SSSR count). The zero-order valence-corrected chi connectivity index (χ0v) is 11.4. The zero-order valence-electron chi connectivity index (χ0n) is 9.25. The summed E-state index contributed by atoms with van der Waals surface area (Å²) in [5.41, 5.74) is 5.31. The maximum Gasteiger partial charge on any atom is 0.255 e. The molecule has 0 radical (unpaired) electrons. The molecule has 16 heavy (non-hydrogen) atoms. The molecule has 1 amide bonds. The molecule has 0 heterocycles. The number of nitrogens with two attached hydrogens (primary N) is 1. The fraction of sp³-hybridized carbons (Fsp3) is 0.364. The Balaban J connectivity index is 2.93. The van der Waals surface area contributed by atoms with E-state index in [2.05, 4.69) is 27.9 Å². The van der Waals surface area contributed by atoms with Gasteiger partial charge in [0.05, 0.1) is 5.56 Å². The van der Waals surface area contributed by atoms with Gasteiger partial charge in [0.2, 0.25) is 0 Å². The van der Waals surface area contributed by atoms with Crippen LogP contribution in [0.25, 0.3) is 0 Å². The van der Waals surface area contributed by atoms with Gasteiger partial charge >= 0.3 is 0 Å². The first-order valence-corrected chi connectivity index (χ1v) is 5.95. The summed E-state index contributed by atoms with van der Waals surface area (Å²) in [6, 6.07) is 4.88. The van der Waals surface area contributed by atoms with Crippen LogP contribution in [-0.4, -0.2) is 23.1 Å². The van der Waals surface area contributed by atoms with Gasteiger partial charge in [-0.3, -0.25) is 4.79 Å². The third kappa shape index (κ3) is 3.34. The number of rotatable bonds is 3. The standard InChI is InChI=1S/C11H15IN2O2/c1-11(2,6-13)14-10(16)8-5-7(12)3-4-9(8)15/h3-5,15H,6,13H2,1-2H3,(H,14,16). The molecule has 0 aromatic heterocycles. The van der Waals surface area contributed by atoms with E-state index in [0.717, 1.165) is 3.57 Å². The van der Waals surface area contributed by atoms with Crippen molar-refractivity contribution in [2.24, 2.45) is 5.73 Å². The van der Waals surface area contributed by atoms with Crippen molar-refractivity contribution in [3.05, 3.63) is 27.3 Å². The Hall–Kier alpha value is -0.820. The molecule has 1 aromatic rings. The molecule has 0 bridgehead atoms. The molecule has 0 saturated heterocycles. The van der Waals surface area contributed by atoms with Crippen LogP contribution in [0.1, 0.15) is 24.2 Å². The molecule has 0 fully saturated rings. The number of nitrogens with one attached hydrogen (secondary N) is 1. The molecule has 0 aliphatic heterocycles. The minimum Gasteiger partial charge on any atom is -0.507 e. The van der Waals surface area contributed by atoms with Crippen molar-refractivity contribution in [2.75, 3.05) is 6.54 Å². The molecule has 88 valence electrons. The number of amides is 1. The average molecular weight is 334 g/mol. The van der Waals surface area contributed by atoms with Gasteiger partial charge in [-0.2, -0.15) is 0 Å². The van der Waals surface area contributed by atoms with Crippen LogP contribution in [-0.2, 0) is 0 Å². The first-order valence-electron chi connectivity index (χ1n) is 4.87. The highest BCUT2D eigenvalue weighted by atomic mass is 127. The smallest absolute Gasteiger partial charge is 0.255 e. The minimum atomic E-state index is -0.481. The Bertz CT molecular complexity index is 405. The molecular formula is C11H15IN2O2. The number of halogens is 1. The second kappa shape index (κ2) is 5.01. The summed E-state index contributed by atoms with van der Waals surface area (Å²) in [7, 11) is 0. The van der Waals surface area contributed by atoms with Crippen LogP contribution < -0.4 is 11.1 Å². The van der Waals surface area contributed by atoms with Gasteiger partial charge in [0.15, 0.2) is 0 Å². The fourth-order valence-electron chi connectivity index (χ4n) is 1.12. The van der Waals surface area contributed by atoms with Crippen LogP contribution >= 0.6 is 22.6 Å². The summed E-state index contributed by atoms with van der Waals surface area (Å²) in [6.07, 6.45) is 0. The second-order valence-electron chi connectivity index (χ2n) is 4.20. The van der Waals surface area contributed by atoms with E-state index >= 15 is 0 Å². The molecule has 4 N–H and O–H groups in total. The molecule has 0 aliphatic rings. The maximum atomic E-state index is 11.9. The van der Waals surface area contributed by atoms with Crippen LogP contribution in [0.2, 0.25) is 0 Å². The predicted octanol–water partition coefficient (Wildman–Crippen LogP) is 1.46. The summed E-state index contributed by atoms with van der Waals surface area (Å²) in [5.74, 6) is -0.336. The zero-order chi connectivity index (χ0) is 12.3. The highest BCUT2D eigenvalue weighted by molar-refractivity contribution is 14.1. The van der Waals surface area contributed by atoms with E-state index in [0.29, 0.717) is 6.54 Å². The number of phenolic OH excluding ortho intramolecular Hbond substituents is 1. The number of aromatic hydroxyl groups is 1. The predicted molar refractivity (Wildman–Crippen MR) is 71.4 cm³/mol. The molecular weight excluding hydrogens is 319 g/mol. The Kier molecular flexibility index (Phi) is 4.15. The normalized spacial score (nSPS) is 11.2. The summed E-state index contributed by atoms with van der Waals surface area (Å²) in [4.78, 5) is 11.9. The van der Waals surface area contributed by atoms with E-state index in [-0.39, 0.29) is 17.2 Å². The summed E-state index contributed by atoms with van der Waals surface area (Å²) in [6.45, 7) is 4.00. The van der Waals surface area contributed by atoms with Crippen LogP contribution in [0, 0.1) is 3.57 Å². The molecule has 0 atom stereocenters. The molecule has 4 nitrogen and oxygen atoms in total. The fourth-order valence-corrected chi connectivity index (χ4v) is 1.61. The van der Waals surface area contributed by atoms with Gasteiger partial charge in [-0.15, -0.1) is 0 Å². The SMILES string of the molecule is CC(C)(CN)NC(=O)c1cc(I)ccc1O. The van der Waals surface area contributed by atoms with Gasteiger partial charge in [-0.25, -0.2) is 0 Å². The Labute approximate surface area is 108 Å². The van der Waals surface area contributed by atoms with Crippen LogP contribution in [0.5, 0.6) is 5.75 Å². The number of phenols is 1. The maximum absolute atomic E-state index is 11.9. The lowest BCUT2D eigenvalue weighted by atomic mass is 10.0. The highest BCUT2D eigenvalue weighted by Crippen LogP contribution is 2.20. The van der Waals surface area contributed by atoms with E-state index in [1.54, 1.807) is 12.1 Å². The monoisotopic (exact) mass is 334 g/mol. The molecule has 0 aliphatic carbocycles. The summed E-state index contributed by atoms with van der Waals surface area (Å²) < 4.78 is 0.895. The highest BCUT2D eigenvalue weighted by Gasteiger charge is 2.21. The Morgan fingerprint density at radius 1 is 1.56 bits per heavy atom. The number of carbonyl (C=O) groups excluding carboxylic acids is 1. The third-order valence-electron chi connectivity index (χ3n) is 2.17. The Morgan fingerprint density at radius 2 is 2.19 bits per heavy atom. The molecule has 1 aromatic carbocycles. The van der Waals surface area contributed by atoms with Gasteiger partial charge < -0.3 is 16.2 Å². The topological polar surface area (TPSA) is 75.3 Å². The van der Waals surface area contributed by atoms with E-state index in [1.807, 2.05) is 13.8 Å². The van der Waals surface area contributed by atoms with Gasteiger partial charge in [0.1, 0.15) is 5.75 Å². The lowest BCUT2D eigenvalue weighted by Gasteiger charge is -2.24. The van der Waals surface area contributed by atoms with E-state index in [4.69, 9.17) is 5.73 Å². The van der Waals surface area contributed by atoms with Crippen molar-refractivity contribution in [2.45, 2.75) is 19.4 Å². The van der Waals surface area contributed by atoms with Gasteiger partial charge in [-0.1, -0.05) is 0 Å².